The molecule has 0 saturated carbocycles. The van der Waals surface area contributed by atoms with Gasteiger partial charge in [-0.15, -0.1) is 10.6 Å². The first-order chi connectivity index (χ1) is 16.3. The first kappa shape index (κ1) is 26.9. The van der Waals surface area contributed by atoms with Crippen LogP contribution in [0.25, 0.3) is 11.1 Å². The van der Waals surface area contributed by atoms with Gasteiger partial charge in [0.2, 0.25) is 5.96 Å². The maximum Gasteiger partial charge on any atom is 0.325 e. The third-order valence-corrected chi connectivity index (χ3v) is 4.81. The number of aliphatic carboxylic acids is 1. The first-order valence-corrected chi connectivity index (χ1v) is 10.8. The minimum absolute atomic E-state index is 0.0241. The predicted molar refractivity (Wildman–Crippen MR) is 128 cm³/mol. The van der Waals surface area contributed by atoms with Gasteiger partial charge in [-0.05, 0) is 42.2 Å². The van der Waals surface area contributed by atoms with Crippen molar-refractivity contribution in [2.45, 2.75) is 25.4 Å². The van der Waals surface area contributed by atoms with Crippen LogP contribution in [0.3, 0.4) is 0 Å². The van der Waals surface area contributed by atoms with Gasteiger partial charge in [0.1, 0.15) is 12.1 Å². The molecule has 11 nitrogen and oxygen atoms in total. The Hall–Kier alpha value is -3.38. The van der Waals surface area contributed by atoms with Crippen LogP contribution in [0.5, 0.6) is 0 Å². The van der Waals surface area contributed by atoms with E-state index in [2.05, 4.69) is 26.9 Å². The fourth-order valence-electron chi connectivity index (χ4n) is 3.00. The van der Waals surface area contributed by atoms with E-state index in [9.17, 15) is 14.7 Å². The summed E-state index contributed by atoms with van der Waals surface area (Å²) in [6.07, 6.45) is 0.213. The number of hydrogen-bond acceptors (Lipinski definition) is 10. The van der Waals surface area contributed by atoms with Gasteiger partial charge in [0.25, 0.3) is 0 Å². The molecule has 0 unspecified atom stereocenters. The normalized spacial score (nSPS) is 13.9. The van der Waals surface area contributed by atoms with Gasteiger partial charge in [0, 0.05) is 12.1 Å². The number of carbonyl (C=O) groups excluding carboxylic acids is 1. The molecule has 1 aliphatic rings. The zero-order valence-electron chi connectivity index (χ0n) is 18.9. The van der Waals surface area contributed by atoms with Crippen LogP contribution in [0.15, 0.2) is 53.6 Å². The second kappa shape index (κ2) is 14.0. The number of carbonyl (C=O) groups is 2. The number of methoxy groups -OCH3 is 1. The highest BCUT2D eigenvalue weighted by Gasteiger charge is 2.27. The van der Waals surface area contributed by atoms with E-state index in [0.717, 1.165) is 16.7 Å². The summed E-state index contributed by atoms with van der Waals surface area (Å²) in [5.41, 5.74) is 15.1. The summed E-state index contributed by atoms with van der Waals surface area (Å²) in [6, 6.07) is 13.3. The number of guanidine groups is 1. The van der Waals surface area contributed by atoms with Crippen molar-refractivity contribution in [2.24, 2.45) is 10.8 Å². The van der Waals surface area contributed by atoms with E-state index < -0.39 is 24.0 Å². The maximum absolute atomic E-state index is 12.0. The van der Waals surface area contributed by atoms with Gasteiger partial charge in [-0.25, -0.2) is 5.53 Å². The Morgan fingerprint density at radius 1 is 1.18 bits per heavy atom. The number of hydrazone groups is 1. The van der Waals surface area contributed by atoms with Crippen LogP contribution in [-0.4, -0.2) is 55.4 Å². The molecule has 1 aliphatic heterocycles. The number of carboxylic acids is 1. The molecular weight excluding hydrogens is 464 g/mol. The summed E-state index contributed by atoms with van der Waals surface area (Å²) in [5, 5.41) is 16.5. The van der Waals surface area contributed by atoms with Crippen molar-refractivity contribution in [3.05, 3.63) is 59.1 Å². The van der Waals surface area contributed by atoms with Crippen molar-refractivity contribution < 1.29 is 24.2 Å². The van der Waals surface area contributed by atoms with Crippen molar-refractivity contribution in [2.75, 3.05) is 20.3 Å². The van der Waals surface area contributed by atoms with Crippen molar-refractivity contribution >= 4 is 29.5 Å². The Morgan fingerprint density at radius 3 is 2.41 bits per heavy atom. The van der Waals surface area contributed by atoms with Crippen LogP contribution >= 0.6 is 11.6 Å². The number of nitrogens with one attached hydrogen (secondary N) is 4. The minimum atomic E-state index is -1.05. The fraction of sp³-hybridized carbons (Fsp3) is 0.318. The molecule has 34 heavy (non-hydrogen) atoms. The summed E-state index contributed by atoms with van der Waals surface area (Å²) < 4.78 is 9.99. The lowest BCUT2D eigenvalue weighted by atomic mass is 10.0. The second-order valence-corrected chi connectivity index (χ2v) is 7.52. The maximum atomic E-state index is 12.0. The van der Waals surface area contributed by atoms with E-state index in [4.69, 9.17) is 26.8 Å². The molecule has 7 N–H and O–H groups in total. The monoisotopic (exact) mass is 492 g/mol. The number of benzene rings is 2. The van der Waals surface area contributed by atoms with Gasteiger partial charge in [-0.3, -0.25) is 20.3 Å². The standard InChI is InChI=1S/C21H24ClNO5.CH5N5/c1-3-28-21(26)19(13-27-2)23-18(20(24)25)11-14-7-9-15(10-8-14)16-5-4-6-17(22)12-16;2-1-3-5-6-4-1/h4-10,12,18-19,23H,3,11,13H2,1-2H3,(H,24,25);5-6H,(H3,2,3,4)/t18-,19-;/m0./s1. The number of esters is 1. The van der Waals surface area contributed by atoms with Crippen LogP contribution in [0.2, 0.25) is 5.02 Å². The van der Waals surface area contributed by atoms with Gasteiger partial charge >= 0.3 is 11.9 Å². The predicted octanol–water partition coefficient (Wildman–Crippen LogP) is 0.999. The third-order valence-electron chi connectivity index (χ3n) is 4.58. The summed E-state index contributed by atoms with van der Waals surface area (Å²) in [6.45, 7) is 1.93. The Balaban J connectivity index is 0.000000589. The number of nitrogens with zero attached hydrogens (tertiary/aromatic N) is 1. The number of rotatable bonds is 10. The lowest BCUT2D eigenvalue weighted by molar-refractivity contribution is -0.148. The van der Waals surface area contributed by atoms with E-state index in [0.29, 0.717) is 11.0 Å². The zero-order valence-corrected chi connectivity index (χ0v) is 19.6. The molecule has 0 spiro atoms. The molecule has 0 fully saturated rings. The van der Waals surface area contributed by atoms with Crippen LogP contribution in [-0.2, 0) is 25.5 Å². The summed E-state index contributed by atoms with van der Waals surface area (Å²) in [7, 11) is 1.44. The number of hydrazine groups is 2. The molecule has 12 heteroatoms. The molecule has 0 amide bonds. The van der Waals surface area contributed by atoms with Crippen molar-refractivity contribution in [3.8, 4) is 11.1 Å². The van der Waals surface area contributed by atoms with Gasteiger partial charge in [0.15, 0.2) is 0 Å². The Labute approximate surface area is 202 Å². The number of hydrogen-bond donors (Lipinski definition) is 6. The number of ether oxygens (including phenoxy) is 2. The van der Waals surface area contributed by atoms with Gasteiger partial charge in [0.05, 0.1) is 13.2 Å². The Kier molecular flexibility index (Phi) is 11.1. The Bertz CT molecular complexity index is 973. The second-order valence-electron chi connectivity index (χ2n) is 7.09. The van der Waals surface area contributed by atoms with Crippen molar-refractivity contribution in [1.82, 2.24) is 21.8 Å². The fourth-order valence-corrected chi connectivity index (χ4v) is 3.19. The molecule has 1 heterocycles. The van der Waals surface area contributed by atoms with Crippen LogP contribution in [0.4, 0.5) is 0 Å². The number of carboxylic acid groups (broad SMARTS) is 1. The van der Waals surface area contributed by atoms with E-state index >= 15 is 0 Å². The lowest BCUT2D eigenvalue weighted by Crippen LogP contribution is -2.50. The van der Waals surface area contributed by atoms with Crippen LogP contribution < -0.4 is 27.5 Å². The molecule has 3 rings (SSSR count). The molecule has 0 radical (unpaired) electrons. The molecule has 184 valence electrons. The third kappa shape index (κ3) is 8.87. The quantitative estimate of drug-likeness (QED) is 0.264. The topological polar surface area (TPSA) is 159 Å². The molecular formula is C22H29ClN6O5. The van der Waals surface area contributed by atoms with Gasteiger partial charge < -0.3 is 20.3 Å². The summed E-state index contributed by atoms with van der Waals surface area (Å²) in [5.74, 6) is -1.23. The molecule has 0 aromatic heterocycles. The van der Waals surface area contributed by atoms with E-state index in [1.807, 2.05) is 48.5 Å². The number of halogens is 1. The van der Waals surface area contributed by atoms with Crippen LogP contribution in [0, 0.1) is 0 Å². The van der Waals surface area contributed by atoms with E-state index in [-0.39, 0.29) is 19.6 Å². The highest BCUT2D eigenvalue weighted by Crippen LogP contribution is 2.23. The molecule has 2 aromatic carbocycles. The van der Waals surface area contributed by atoms with Crippen LogP contribution in [0.1, 0.15) is 12.5 Å². The average Bonchev–Trinajstić information content (AvgIpc) is 3.30. The average molecular weight is 493 g/mol. The smallest absolute Gasteiger partial charge is 0.325 e. The van der Waals surface area contributed by atoms with Crippen molar-refractivity contribution in [1.29, 1.82) is 0 Å². The summed E-state index contributed by atoms with van der Waals surface area (Å²) in [4.78, 5) is 23.7. The highest BCUT2D eigenvalue weighted by molar-refractivity contribution is 6.30. The van der Waals surface area contributed by atoms with Crippen molar-refractivity contribution in [3.63, 3.8) is 0 Å². The zero-order chi connectivity index (χ0) is 24.9. The Morgan fingerprint density at radius 2 is 1.91 bits per heavy atom. The summed E-state index contributed by atoms with van der Waals surface area (Å²) >= 11 is 6.03. The van der Waals surface area contributed by atoms with Gasteiger partial charge in [-0.1, -0.05) is 48.0 Å². The van der Waals surface area contributed by atoms with Gasteiger partial charge in [-0.2, -0.15) is 0 Å². The van der Waals surface area contributed by atoms with E-state index in [1.165, 1.54) is 7.11 Å². The molecule has 0 saturated heterocycles. The lowest BCUT2D eigenvalue weighted by Gasteiger charge is -2.21. The molecule has 2 atom stereocenters. The minimum Gasteiger partial charge on any atom is -0.480 e. The molecule has 0 aliphatic carbocycles. The number of nitrogens with two attached hydrogens (primary N) is 1. The molecule has 0 bridgehead atoms. The van der Waals surface area contributed by atoms with E-state index in [1.54, 1.807) is 6.92 Å². The largest absolute Gasteiger partial charge is 0.480 e. The SMILES string of the molecule is CCOC(=O)[C@H](COC)N[C@@H](Cc1ccc(-c2cccc(Cl)c2)cc1)C(=O)O.NC1=NNNN1. The first-order valence-electron chi connectivity index (χ1n) is 10.4. The highest BCUT2D eigenvalue weighted by atomic mass is 35.5. The molecule has 2 aromatic rings.